The van der Waals surface area contributed by atoms with Crippen LogP contribution < -0.4 is 23.7 Å². The summed E-state index contributed by atoms with van der Waals surface area (Å²) in [6.45, 7) is 16.2. The average molecular weight is 1110 g/mol. The molecule has 0 radical (unpaired) electrons. The van der Waals surface area contributed by atoms with Crippen LogP contribution in [-0.4, -0.2) is 144 Å². The Bertz CT molecular complexity index is 3220. The molecule has 404 valence electrons. The number of carbonyl (C=O) groups is 1. The summed E-state index contributed by atoms with van der Waals surface area (Å²) < 4.78 is 59.5. The van der Waals surface area contributed by atoms with Crippen LogP contribution in [-0.2, 0) is 27.3 Å². The quantitative estimate of drug-likeness (QED) is 0.113. The van der Waals surface area contributed by atoms with Crippen LogP contribution in [0.2, 0.25) is 10.0 Å². The van der Waals surface area contributed by atoms with E-state index in [-0.39, 0.29) is 37.4 Å². The van der Waals surface area contributed by atoms with Crippen LogP contribution in [0.15, 0.2) is 85.3 Å². The summed E-state index contributed by atoms with van der Waals surface area (Å²) in [6, 6.07) is 21.4. The van der Waals surface area contributed by atoms with Crippen LogP contribution in [0, 0.1) is 19.7 Å². The topological polar surface area (TPSA) is 143 Å². The lowest BCUT2D eigenvalue weighted by Gasteiger charge is -2.35. The first-order chi connectivity index (χ1) is 37.0. The van der Waals surface area contributed by atoms with Gasteiger partial charge in [0, 0.05) is 73.5 Å². The van der Waals surface area contributed by atoms with Crippen molar-refractivity contribution in [2.24, 2.45) is 0 Å². The lowest BCUT2D eigenvalue weighted by Crippen LogP contribution is -2.49. The van der Waals surface area contributed by atoms with E-state index in [2.05, 4.69) is 33.8 Å². The van der Waals surface area contributed by atoms with Crippen LogP contribution in [0.1, 0.15) is 43.2 Å². The van der Waals surface area contributed by atoms with Crippen LogP contribution >= 0.6 is 34.5 Å². The van der Waals surface area contributed by atoms with Crippen molar-refractivity contribution in [3.05, 3.63) is 124 Å². The van der Waals surface area contributed by atoms with Crippen LogP contribution in [0.3, 0.4) is 0 Å². The molecule has 4 aliphatic rings. The highest BCUT2D eigenvalue weighted by Gasteiger charge is 2.34. The van der Waals surface area contributed by atoms with Crippen molar-refractivity contribution in [1.29, 1.82) is 0 Å². The molecule has 0 spiro atoms. The second-order valence-electron chi connectivity index (χ2n) is 20.7. The number of piperazine rings is 1. The number of benzene rings is 4. The van der Waals surface area contributed by atoms with Crippen LogP contribution in [0.4, 0.5) is 4.39 Å². The van der Waals surface area contributed by atoms with Gasteiger partial charge in [0.05, 0.1) is 40.4 Å². The highest BCUT2D eigenvalue weighted by Crippen LogP contribution is 2.53. The fraction of sp³-hybridized carbons (Fsp3) is 0.397. The van der Waals surface area contributed by atoms with Crippen molar-refractivity contribution in [2.45, 2.75) is 71.5 Å². The zero-order chi connectivity index (χ0) is 54.0. The number of rotatable bonds is 11. The standard InChI is InChI=1S/C58H62Cl2FN7O8S/c1-34-47-35(2)51(60)52(50(34)59)74-44(28-68-22-20-66(6)21-23-68)32-72-43-16-17-45(73-29-40-18-19-62-54(65-40)37-10-14-42(15-11-37)71-31-41-30-70-25-24-67(41)7)38(26-43)27-46(57(69)76-58(3,4)5)75-55-49-48(47)53(77-56(49)64-33-63-55)36-8-12-39(61)13-9-36/h8-19,26,33,41,44,46H,20-25,27-32H2,1-7H3/t41-,44-,46-/m1/s1. The second kappa shape index (κ2) is 23.4. The number of halogens is 3. The van der Waals surface area contributed by atoms with Gasteiger partial charge in [-0.2, -0.15) is 0 Å². The van der Waals surface area contributed by atoms with E-state index in [1.54, 1.807) is 45.2 Å². The highest BCUT2D eigenvalue weighted by molar-refractivity contribution is 7.22. The SMILES string of the molecule is Cc1c(Cl)c2c(Cl)c(C)c1-c1c(-c3ccc(F)cc3)sc3ncnc(c13)O[C@@H](C(=O)OC(C)(C)C)Cc1cc(ccc1OCc1ccnc(-c3ccc(OC[C@H]4COCCN4C)cc3)n1)OC[C@@H](CN1CCN(C)CC1)O2. The summed E-state index contributed by atoms with van der Waals surface area (Å²) >= 11 is 16.2. The molecule has 7 heterocycles. The smallest absolute Gasteiger partial charge is 0.348 e. The average Bonchev–Trinajstić information content (AvgIpc) is 3.80. The van der Waals surface area contributed by atoms with Crippen molar-refractivity contribution in [2.75, 3.05) is 79.8 Å². The van der Waals surface area contributed by atoms with E-state index in [4.69, 9.17) is 71.3 Å². The molecule has 3 atom stereocenters. The maximum Gasteiger partial charge on any atom is 0.348 e. The summed E-state index contributed by atoms with van der Waals surface area (Å²) in [5, 5.41) is 1.14. The molecule has 3 aromatic heterocycles. The van der Waals surface area contributed by atoms with Gasteiger partial charge in [-0.15, -0.1) is 11.3 Å². The van der Waals surface area contributed by atoms with E-state index >= 15 is 0 Å². The molecule has 19 heteroatoms. The van der Waals surface area contributed by atoms with Crippen LogP contribution in [0.5, 0.6) is 28.9 Å². The lowest BCUT2D eigenvalue weighted by molar-refractivity contribution is -0.163. The second-order valence-corrected chi connectivity index (χ2v) is 22.5. The Morgan fingerprint density at radius 1 is 0.844 bits per heavy atom. The number of morpholine rings is 1. The van der Waals surface area contributed by atoms with Gasteiger partial charge >= 0.3 is 5.97 Å². The number of hydrogen-bond acceptors (Lipinski definition) is 16. The van der Waals surface area contributed by atoms with Crippen molar-refractivity contribution in [3.8, 4) is 61.8 Å². The number of fused-ring (bicyclic) bond motifs is 7. The molecule has 4 aromatic carbocycles. The number of thiophene rings is 1. The van der Waals surface area contributed by atoms with Gasteiger partial charge in [-0.25, -0.2) is 29.1 Å². The van der Waals surface area contributed by atoms with E-state index in [1.165, 1.54) is 29.8 Å². The Morgan fingerprint density at radius 2 is 1.58 bits per heavy atom. The van der Waals surface area contributed by atoms with Crippen molar-refractivity contribution < 1.29 is 42.3 Å². The molecule has 0 aliphatic carbocycles. The third kappa shape index (κ3) is 12.6. The van der Waals surface area contributed by atoms with Gasteiger partial charge in [0.2, 0.25) is 12.0 Å². The predicted molar refractivity (Wildman–Crippen MR) is 297 cm³/mol. The Kier molecular flexibility index (Phi) is 16.5. The predicted octanol–water partition coefficient (Wildman–Crippen LogP) is 10.6. The van der Waals surface area contributed by atoms with E-state index in [0.717, 1.165) is 55.5 Å². The van der Waals surface area contributed by atoms with Gasteiger partial charge in [0.1, 0.15) is 65.7 Å². The zero-order valence-electron chi connectivity index (χ0n) is 44.2. The molecule has 77 heavy (non-hydrogen) atoms. The minimum Gasteiger partial charge on any atom is -0.492 e. The number of carbonyl (C=O) groups excluding carboxylic acids is 1. The number of esters is 1. The van der Waals surface area contributed by atoms with Gasteiger partial charge in [0.15, 0.2) is 11.6 Å². The first-order valence-corrected chi connectivity index (χ1v) is 27.3. The first-order valence-electron chi connectivity index (χ1n) is 25.8. The van der Waals surface area contributed by atoms with Crippen molar-refractivity contribution >= 4 is 50.7 Å². The third-order valence-electron chi connectivity index (χ3n) is 13.9. The van der Waals surface area contributed by atoms with Gasteiger partial charge in [-0.3, -0.25) is 9.80 Å². The molecular formula is C58H62Cl2FN7O8S. The van der Waals surface area contributed by atoms with E-state index in [0.29, 0.717) is 102 Å². The fourth-order valence-electron chi connectivity index (χ4n) is 9.65. The normalized spacial score (nSPS) is 18.8. The first kappa shape index (κ1) is 54.2. The fourth-order valence-corrected chi connectivity index (χ4v) is 11.3. The Morgan fingerprint density at radius 3 is 2.31 bits per heavy atom. The number of nitrogens with zero attached hydrogens (tertiary/aromatic N) is 7. The molecule has 2 saturated heterocycles. The minimum absolute atomic E-state index is 0.0318. The van der Waals surface area contributed by atoms with E-state index in [9.17, 15) is 9.18 Å². The highest BCUT2D eigenvalue weighted by atomic mass is 35.5. The van der Waals surface area contributed by atoms with E-state index < -0.39 is 23.8 Å². The molecule has 15 nitrogen and oxygen atoms in total. The molecule has 0 N–H and O–H groups in total. The molecular weight excluding hydrogens is 1040 g/mol. The van der Waals surface area contributed by atoms with Gasteiger partial charge in [-0.1, -0.05) is 35.3 Å². The monoisotopic (exact) mass is 1110 g/mol. The van der Waals surface area contributed by atoms with Crippen molar-refractivity contribution in [3.63, 3.8) is 0 Å². The van der Waals surface area contributed by atoms with Gasteiger partial charge in [0.25, 0.3) is 0 Å². The molecule has 4 bridgehead atoms. The number of ether oxygens (including phenoxy) is 7. The Balaban J connectivity index is 1.03. The summed E-state index contributed by atoms with van der Waals surface area (Å²) in [5.74, 6) is 1.64. The largest absolute Gasteiger partial charge is 0.492 e. The molecule has 0 unspecified atom stereocenters. The van der Waals surface area contributed by atoms with Crippen LogP contribution in [0.25, 0.3) is 43.2 Å². The maximum atomic E-state index is 14.7. The molecule has 7 aromatic rings. The molecule has 0 saturated carbocycles. The maximum absolute atomic E-state index is 14.7. The summed E-state index contributed by atoms with van der Waals surface area (Å²) in [4.78, 5) is 41.7. The summed E-state index contributed by atoms with van der Waals surface area (Å²) in [6.07, 6.45) is 1.26. The lowest BCUT2D eigenvalue weighted by atomic mass is 9.92. The van der Waals surface area contributed by atoms with Gasteiger partial charge < -0.3 is 38.1 Å². The number of likely N-dealkylation sites (N-methyl/N-ethyl adjacent to an activating group) is 2. The Labute approximate surface area is 462 Å². The summed E-state index contributed by atoms with van der Waals surface area (Å²) in [5.41, 5.74) is 4.55. The van der Waals surface area contributed by atoms with Crippen molar-refractivity contribution in [1.82, 2.24) is 34.6 Å². The molecule has 11 rings (SSSR count). The number of aromatic nitrogens is 4. The molecule has 2 fully saturated rings. The molecule has 0 amide bonds. The third-order valence-corrected chi connectivity index (χ3v) is 16.0. The Hall–Kier alpha value is -6.18. The molecule has 4 aliphatic heterocycles. The number of hydrogen-bond donors (Lipinski definition) is 0. The minimum atomic E-state index is -1.28. The summed E-state index contributed by atoms with van der Waals surface area (Å²) in [7, 11) is 4.20. The zero-order valence-corrected chi connectivity index (χ0v) is 46.6. The van der Waals surface area contributed by atoms with Gasteiger partial charge in [-0.05, 0) is 132 Å². The van der Waals surface area contributed by atoms with E-state index in [1.807, 2.05) is 56.3 Å².